The predicted molar refractivity (Wildman–Crippen MR) is 86.4 cm³/mol. The van der Waals surface area contributed by atoms with Crippen molar-refractivity contribution >= 4 is 11.8 Å². The van der Waals surface area contributed by atoms with Crippen LogP contribution in [0.5, 0.6) is 5.75 Å². The Balaban J connectivity index is 1.81. The molecule has 1 aromatic heterocycles. The van der Waals surface area contributed by atoms with Crippen LogP contribution in [0.25, 0.3) is 5.69 Å². The van der Waals surface area contributed by atoms with Gasteiger partial charge in [-0.1, -0.05) is 23.9 Å². The molecule has 5 nitrogen and oxygen atoms in total. The maximum atomic E-state index is 13.0. The molecule has 0 amide bonds. The second kappa shape index (κ2) is 6.78. The second-order valence-corrected chi connectivity index (χ2v) is 6.19. The first-order valence-corrected chi connectivity index (χ1v) is 7.90. The number of aromatic nitrogens is 4. The van der Waals surface area contributed by atoms with E-state index in [4.69, 9.17) is 4.74 Å². The van der Waals surface area contributed by atoms with Crippen LogP contribution < -0.4 is 4.74 Å². The molecule has 118 valence electrons. The Kier molecular flexibility index (Phi) is 4.57. The minimum Gasteiger partial charge on any atom is -0.497 e. The smallest absolute Gasteiger partial charge is 0.214 e. The highest BCUT2D eigenvalue weighted by Crippen LogP contribution is 2.34. The second-order valence-electron chi connectivity index (χ2n) is 4.88. The summed E-state index contributed by atoms with van der Waals surface area (Å²) in [6.07, 6.45) is 0. The van der Waals surface area contributed by atoms with E-state index in [9.17, 15) is 4.39 Å². The number of tetrazole rings is 1. The standard InChI is InChI=1S/C16H15FN4OS/c1-11(12-3-5-13(17)6-4-12)23-16-18-19-20-21(16)14-7-9-15(22-2)10-8-14/h3-11H,1-2H3/t11-/m1/s1. The van der Waals surface area contributed by atoms with Crippen LogP contribution in [-0.4, -0.2) is 27.3 Å². The lowest BCUT2D eigenvalue weighted by Crippen LogP contribution is -2.00. The van der Waals surface area contributed by atoms with Gasteiger partial charge < -0.3 is 4.74 Å². The fourth-order valence-corrected chi connectivity index (χ4v) is 3.03. The third-order valence-electron chi connectivity index (χ3n) is 3.38. The van der Waals surface area contributed by atoms with Gasteiger partial charge in [-0.3, -0.25) is 0 Å². The van der Waals surface area contributed by atoms with Gasteiger partial charge in [0.1, 0.15) is 11.6 Å². The monoisotopic (exact) mass is 330 g/mol. The van der Waals surface area contributed by atoms with E-state index in [2.05, 4.69) is 15.5 Å². The zero-order chi connectivity index (χ0) is 16.2. The highest BCUT2D eigenvalue weighted by Gasteiger charge is 2.15. The van der Waals surface area contributed by atoms with Crippen molar-refractivity contribution in [2.24, 2.45) is 0 Å². The van der Waals surface area contributed by atoms with E-state index in [1.54, 1.807) is 23.9 Å². The molecule has 7 heteroatoms. The SMILES string of the molecule is COc1ccc(-n2nnnc2S[C@H](C)c2ccc(F)cc2)cc1. The summed E-state index contributed by atoms with van der Waals surface area (Å²) in [5, 5.41) is 12.6. The largest absolute Gasteiger partial charge is 0.497 e. The highest BCUT2D eigenvalue weighted by atomic mass is 32.2. The molecule has 23 heavy (non-hydrogen) atoms. The molecule has 0 saturated heterocycles. The Bertz CT molecular complexity index is 774. The van der Waals surface area contributed by atoms with E-state index in [1.807, 2.05) is 31.2 Å². The van der Waals surface area contributed by atoms with E-state index in [0.29, 0.717) is 5.16 Å². The van der Waals surface area contributed by atoms with E-state index in [1.165, 1.54) is 23.9 Å². The van der Waals surface area contributed by atoms with Crippen molar-refractivity contribution in [2.75, 3.05) is 7.11 Å². The van der Waals surface area contributed by atoms with Crippen LogP contribution in [0.1, 0.15) is 17.7 Å². The molecule has 3 aromatic rings. The molecule has 0 aliphatic rings. The van der Waals surface area contributed by atoms with Gasteiger partial charge >= 0.3 is 0 Å². The van der Waals surface area contributed by atoms with Gasteiger partial charge in [0.15, 0.2) is 0 Å². The van der Waals surface area contributed by atoms with Crippen molar-refractivity contribution in [3.05, 3.63) is 59.9 Å². The van der Waals surface area contributed by atoms with Crippen LogP contribution in [0.4, 0.5) is 4.39 Å². The van der Waals surface area contributed by atoms with Gasteiger partial charge in [0.2, 0.25) is 5.16 Å². The Morgan fingerprint density at radius 3 is 2.43 bits per heavy atom. The van der Waals surface area contributed by atoms with Gasteiger partial charge in [0.25, 0.3) is 0 Å². The number of nitrogens with zero attached hydrogens (tertiary/aromatic N) is 4. The molecule has 1 atom stereocenters. The molecule has 0 bridgehead atoms. The number of rotatable bonds is 5. The molecule has 0 saturated carbocycles. The third kappa shape index (κ3) is 3.50. The Labute approximate surface area is 137 Å². The summed E-state index contributed by atoms with van der Waals surface area (Å²) in [6.45, 7) is 2.03. The Morgan fingerprint density at radius 2 is 1.78 bits per heavy atom. The molecule has 0 aliphatic heterocycles. The van der Waals surface area contributed by atoms with Crippen LogP contribution in [-0.2, 0) is 0 Å². The summed E-state index contributed by atoms with van der Waals surface area (Å²) in [5.41, 5.74) is 1.87. The Hall–Kier alpha value is -2.41. The first-order valence-electron chi connectivity index (χ1n) is 7.02. The number of hydrogen-bond acceptors (Lipinski definition) is 5. The van der Waals surface area contributed by atoms with Crippen molar-refractivity contribution in [3.8, 4) is 11.4 Å². The zero-order valence-corrected chi connectivity index (χ0v) is 13.5. The molecular weight excluding hydrogens is 315 g/mol. The topological polar surface area (TPSA) is 52.8 Å². The third-order valence-corrected chi connectivity index (χ3v) is 4.47. The first-order chi connectivity index (χ1) is 11.2. The highest BCUT2D eigenvalue weighted by molar-refractivity contribution is 7.99. The van der Waals surface area contributed by atoms with Crippen LogP contribution in [0.2, 0.25) is 0 Å². The molecule has 0 radical (unpaired) electrons. The van der Waals surface area contributed by atoms with Gasteiger partial charge in [0, 0.05) is 5.25 Å². The normalized spacial score (nSPS) is 12.1. The molecule has 3 rings (SSSR count). The average Bonchev–Trinajstić information content (AvgIpc) is 3.03. The van der Waals surface area contributed by atoms with Gasteiger partial charge in [-0.25, -0.2) is 4.39 Å². The molecule has 0 aliphatic carbocycles. The average molecular weight is 330 g/mol. The fraction of sp³-hybridized carbons (Fsp3) is 0.188. The predicted octanol–water partition coefficient (Wildman–Crippen LogP) is 3.66. The summed E-state index contributed by atoms with van der Waals surface area (Å²) in [4.78, 5) is 0. The lowest BCUT2D eigenvalue weighted by Gasteiger charge is -2.11. The number of halogens is 1. The minimum atomic E-state index is -0.242. The minimum absolute atomic E-state index is 0.0959. The molecule has 0 spiro atoms. The van der Waals surface area contributed by atoms with Crippen LogP contribution >= 0.6 is 11.8 Å². The van der Waals surface area contributed by atoms with E-state index < -0.39 is 0 Å². The number of methoxy groups -OCH3 is 1. The van der Waals surface area contributed by atoms with E-state index >= 15 is 0 Å². The number of ether oxygens (including phenoxy) is 1. The van der Waals surface area contributed by atoms with Crippen molar-refractivity contribution in [3.63, 3.8) is 0 Å². The molecule has 2 aromatic carbocycles. The zero-order valence-electron chi connectivity index (χ0n) is 12.7. The lowest BCUT2D eigenvalue weighted by atomic mass is 10.2. The quantitative estimate of drug-likeness (QED) is 0.668. The summed E-state index contributed by atoms with van der Waals surface area (Å²) < 4.78 is 19.8. The van der Waals surface area contributed by atoms with Crippen molar-refractivity contribution in [2.45, 2.75) is 17.3 Å². The molecule has 0 N–H and O–H groups in total. The van der Waals surface area contributed by atoms with Crippen molar-refractivity contribution in [1.29, 1.82) is 0 Å². The summed E-state index contributed by atoms with van der Waals surface area (Å²) in [7, 11) is 1.62. The summed E-state index contributed by atoms with van der Waals surface area (Å²) >= 11 is 1.51. The van der Waals surface area contributed by atoms with E-state index in [-0.39, 0.29) is 11.1 Å². The van der Waals surface area contributed by atoms with Crippen molar-refractivity contribution < 1.29 is 9.13 Å². The van der Waals surface area contributed by atoms with Crippen LogP contribution in [0.3, 0.4) is 0 Å². The molecule has 0 fully saturated rings. The summed E-state index contributed by atoms with van der Waals surface area (Å²) in [5.74, 6) is 0.532. The number of hydrogen-bond donors (Lipinski definition) is 0. The first kappa shape index (κ1) is 15.5. The van der Waals surface area contributed by atoms with Gasteiger partial charge in [-0.15, -0.1) is 5.10 Å². The number of benzene rings is 2. The maximum Gasteiger partial charge on any atom is 0.214 e. The lowest BCUT2D eigenvalue weighted by molar-refractivity contribution is 0.414. The number of thioether (sulfide) groups is 1. The van der Waals surface area contributed by atoms with Crippen LogP contribution in [0.15, 0.2) is 53.7 Å². The van der Waals surface area contributed by atoms with E-state index in [0.717, 1.165) is 17.0 Å². The Morgan fingerprint density at radius 1 is 1.09 bits per heavy atom. The van der Waals surface area contributed by atoms with Gasteiger partial charge in [-0.05, 0) is 59.3 Å². The maximum absolute atomic E-state index is 13.0. The summed E-state index contributed by atoms with van der Waals surface area (Å²) in [6, 6.07) is 14.0. The van der Waals surface area contributed by atoms with Crippen LogP contribution in [0, 0.1) is 5.82 Å². The fourth-order valence-electron chi connectivity index (χ4n) is 2.10. The van der Waals surface area contributed by atoms with Crippen molar-refractivity contribution in [1.82, 2.24) is 20.2 Å². The molecular formula is C16H15FN4OS. The van der Waals surface area contributed by atoms with Gasteiger partial charge in [-0.2, -0.15) is 4.68 Å². The van der Waals surface area contributed by atoms with Gasteiger partial charge in [0.05, 0.1) is 12.8 Å². The molecule has 1 heterocycles. The molecule has 0 unspecified atom stereocenters.